The zero-order valence-corrected chi connectivity index (χ0v) is 11.3. The summed E-state index contributed by atoms with van der Waals surface area (Å²) in [4.78, 5) is 22.4. The molecule has 108 valence electrons. The Kier molecular flexibility index (Phi) is 6.22. The van der Waals surface area contributed by atoms with Gasteiger partial charge in [-0.1, -0.05) is 12.1 Å². The van der Waals surface area contributed by atoms with E-state index in [0.717, 1.165) is 0 Å². The highest BCUT2D eigenvalue weighted by Gasteiger charge is 2.13. The van der Waals surface area contributed by atoms with Gasteiger partial charge < -0.3 is 14.8 Å². The summed E-state index contributed by atoms with van der Waals surface area (Å²) in [6, 6.07) is 5.54. The Hall–Kier alpha value is -2.37. The molecule has 0 bridgehead atoms. The number of carbonyl (C=O) groups excluding carboxylic acids is 2. The summed E-state index contributed by atoms with van der Waals surface area (Å²) < 4.78 is 22.6. The van der Waals surface area contributed by atoms with E-state index in [1.165, 1.54) is 37.5 Å². The van der Waals surface area contributed by atoms with Gasteiger partial charge in [-0.25, -0.2) is 9.18 Å². The second kappa shape index (κ2) is 7.93. The van der Waals surface area contributed by atoms with Crippen LogP contribution in [0.5, 0.6) is 5.75 Å². The number of esters is 1. The van der Waals surface area contributed by atoms with Crippen molar-refractivity contribution in [2.45, 2.75) is 13.0 Å². The Labute approximate surface area is 116 Å². The molecule has 20 heavy (non-hydrogen) atoms. The number of halogens is 1. The molecule has 1 atom stereocenters. The maximum atomic E-state index is 12.9. The van der Waals surface area contributed by atoms with Gasteiger partial charge in [0.2, 0.25) is 0 Å². The van der Waals surface area contributed by atoms with E-state index in [-0.39, 0.29) is 18.2 Å². The van der Waals surface area contributed by atoms with Gasteiger partial charge in [0.1, 0.15) is 11.6 Å². The zero-order valence-electron chi connectivity index (χ0n) is 11.3. The molecule has 1 amide bonds. The summed E-state index contributed by atoms with van der Waals surface area (Å²) in [6.07, 6.45) is 1.89. The topological polar surface area (TPSA) is 64.6 Å². The molecule has 6 heteroatoms. The lowest BCUT2D eigenvalue weighted by atomic mass is 10.3. The van der Waals surface area contributed by atoms with Crippen LogP contribution in [0.1, 0.15) is 6.92 Å². The van der Waals surface area contributed by atoms with Crippen molar-refractivity contribution in [2.24, 2.45) is 0 Å². The van der Waals surface area contributed by atoms with Crippen LogP contribution in [0.2, 0.25) is 0 Å². The van der Waals surface area contributed by atoms with E-state index >= 15 is 0 Å². The summed E-state index contributed by atoms with van der Waals surface area (Å²) in [6.45, 7) is 1.72. The van der Waals surface area contributed by atoms with Crippen molar-refractivity contribution >= 4 is 11.9 Å². The molecule has 0 fully saturated rings. The third-order valence-electron chi connectivity index (χ3n) is 2.33. The van der Waals surface area contributed by atoms with E-state index in [2.05, 4.69) is 10.1 Å². The fourth-order valence-electron chi connectivity index (χ4n) is 1.32. The minimum atomic E-state index is -0.775. The summed E-state index contributed by atoms with van der Waals surface area (Å²) in [5.41, 5.74) is 0. The lowest BCUT2D eigenvalue weighted by Gasteiger charge is -2.13. The highest BCUT2D eigenvalue weighted by molar-refractivity contribution is 5.82. The van der Waals surface area contributed by atoms with Crippen LogP contribution in [-0.4, -0.2) is 31.6 Å². The molecule has 1 aromatic rings. The molecule has 0 aliphatic heterocycles. The van der Waals surface area contributed by atoms with Crippen molar-refractivity contribution in [2.75, 3.05) is 13.7 Å². The van der Waals surface area contributed by atoms with E-state index in [1.807, 2.05) is 0 Å². The summed E-state index contributed by atoms with van der Waals surface area (Å²) in [7, 11) is 1.26. The first-order valence-electron chi connectivity index (χ1n) is 5.97. The molecule has 0 saturated heterocycles. The number of carbonyl (C=O) groups is 2. The fraction of sp³-hybridized carbons (Fsp3) is 0.286. The van der Waals surface area contributed by atoms with Crippen molar-refractivity contribution in [3.63, 3.8) is 0 Å². The highest BCUT2D eigenvalue weighted by atomic mass is 19.1. The van der Waals surface area contributed by atoms with E-state index in [1.54, 1.807) is 13.0 Å². The Morgan fingerprint density at radius 1 is 1.45 bits per heavy atom. The number of hydrogen-bond acceptors (Lipinski definition) is 4. The largest absolute Gasteiger partial charge is 0.481 e. The first kappa shape index (κ1) is 15.7. The average Bonchev–Trinajstić information content (AvgIpc) is 2.42. The predicted octanol–water partition coefficient (Wildman–Crippen LogP) is 1.44. The monoisotopic (exact) mass is 281 g/mol. The van der Waals surface area contributed by atoms with Crippen LogP contribution in [0.3, 0.4) is 0 Å². The van der Waals surface area contributed by atoms with E-state index in [9.17, 15) is 14.0 Å². The Morgan fingerprint density at radius 3 is 2.85 bits per heavy atom. The number of amides is 1. The molecular weight excluding hydrogens is 265 g/mol. The Morgan fingerprint density at radius 2 is 2.20 bits per heavy atom. The van der Waals surface area contributed by atoms with Crippen molar-refractivity contribution < 1.29 is 23.5 Å². The van der Waals surface area contributed by atoms with E-state index < -0.39 is 17.9 Å². The summed E-state index contributed by atoms with van der Waals surface area (Å²) in [5.74, 6) is -1.03. The quantitative estimate of drug-likeness (QED) is 0.633. The maximum Gasteiger partial charge on any atom is 0.330 e. The molecular formula is C14H16FNO4. The van der Waals surface area contributed by atoms with Crippen LogP contribution >= 0.6 is 0 Å². The molecule has 0 aromatic heterocycles. The van der Waals surface area contributed by atoms with Crippen molar-refractivity contribution in [1.29, 1.82) is 0 Å². The maximum absolute atomic E-state index is 12.9. The Bertz CT molecular complexity index is 502. The average molecular weight is 281 g/mol. The van der Waals surface area contributed by atoms with Gasteiger partial charge >= 0.3 is 5.97 Å². The minimum Gasteiger partial charge on any atom is -0.481 e. The van der Waals surface area contributed by atoms with Crippen LogP contribution < -0.4 is 10.1 Å². The number of hydrogen-bond donors (Lipinski definition) is 1. The van der Waals surface area contributed by atoms with Gasteiger partial charge in [-0.05, 0) is 19.1 Å². The molecule has 0 heterocycles. The minimum absolute atomic E-state index is 0.171. The number of nitrogens with one attached hydrogen (secondary N) is 1. The molecule has 0 aliphatic rings. The van der Waals surface area contributed by atoms with Crippen LogP contribution in [0.4, 0.5) is 4.39 Å². The normalized spacial score (nSPS) is 11.9. The molecule has 1 N–H and O–H groups in total. The first-order chi connectivity index (χ1) is 9.52. The van der Waals surface area contributed by atoms with Gasteiger partial charge in [0.15, 0.2) is 6.10 Å². The van der Waals surface area contributed by atoms with Crippen LogP contribution in [-0.2, 0) is 14.3 Å². The molecule has 0 saturated carbocycles. The fourth-order valence-corrected chi connectivity index (χ4v) is 1.32. The summed E-state index contributed by atoms with van der Waals surface area (Å²) >= 11 is 0. The number of ether oxygens (including phenoxy) is 2. The third-order valence-corrected chi connectivity index (χ3v) is 2.33. The van der Waals surface area contributed by atoms with E-state index in [4.69, 9.17) is 4.74 Å². The van der Waals surface area contributed by atoms with Gasteiger partial charge in [0.05, 0.1) is 7.11 Å². The zero-order chi connectivity index (χ0) is 15.0. The van der Waals surface area contributed by atoms with Crippen molar-refractivity contribution in [3.8, 4) is 5.75 Å². The number of methoxy groups -OCH3 is 1. The molecule has 0 radical (unpaired) electrons. The third kappa shape index (κ3) is 5.51. The first-order valence-corrected chi connectivity index (χ1v) is 5.97. The van der Waals surface area contributed by atoms with Crippen LogP contribution in [0, 0.1) is 5.82 Å². The van der Waals surface area contributed by atoms with Gasteiger partial charge in [-0.3, -0.25) is 4.79 Å². The van der Waals surface area contributed by atoms with Crippen LogP contribution in [0.25, 0.3) is 0 Å². The molecule has 1 rings (SSSR count). The van der Waals surface area contributed by atoms with Crippen molar-refractivity contribution in [1.82, 2.24) is 5.32 Å². The summed E-state index contributed by atoms with van der Waals surface area (Å²) in [5, 5.41) is 2.54. The SMILES string of the molecule is COC(=O)/C=C/CNC(=O)C(C)Oc1cccc(F)c1. The number of rotatable bonds is 6. The molecule has 5 nitrogen and oxygen atoms in total. The molecule has 0 aliphatic carbocycles. The van der Waals surface area contributed by atoms with Crippen molar-refractivity contribution in [3.05, 3.63) is 42.2 Å². The molecule has 0 spiro atoms. The Balaban J connectivity index is 2.39. The lowest BCUT2D eigenvalue weighted by molar-refractivity contribution is -0.135. The lowest BCUT2D eigenvalue weighted by Crippen LogP contribution is -2.36. The smallest absolute Gasteiger partial charge is 0.330 e. The van der Waals surface area contributed by atoms with Gasteiger partial charge in [0, 0.05) is 18.7 Å². The van der Waals surface area contributed by atoms with E-state index in [0.29, 0.717) is 0 Å². The van der Waals surface area contributed by atoms with Crippen LogP contribution in [0.15, 0.2) is 36.4 Å². The number of benzene rings is 1. The second-order valence-corrected chi connectivity index (χ2v) is 3.89. The molecule has 1 aromatic carbocycles. The van der Waals surface area contributed by atoms with Gasteiger partial charge in [-0.2, -0.15) is 0 Å². The molecule has 1 unspecified atom stereocenters. The predicted molar refractivity (Wildman–Crippen MR) is 70.7 cm³/mol. The van der Waals surface area contributed by atoms with Gasteiger partial charge in [-0.15, -0.1) is 0 Å². The highest BCUT2D eigenvalue weighted by Crippen LogP contribution is 2.13. The standard InChI is InChI=1S/C14H16FNO4/c1-10(20-12-6-3-5-11(15)9-12)14(18)16-8-4-7-13(17)19-2/h3-7,9-10H,8H2,1-2H3,(H,16,18)/b7-4+. The van der Waals surface area contributed by atoms with Gasteiger partial charge in [0.25, 0.3) is 5.91 Å². The second-order valence-electron chi connectivity index (χ2n) is 3.89.